The van der Waals surface area contributed by atoms with Crippen LogP contribution in [0.5, 0.6) is 5.75 Å². The largest absolute Gasteiger partial charge is 0.499 e. The Morgan fingerprint density at radius 2 is 1.80 bits per heavy atom. The first kappa shape index (κ1) is 12.0. The predicted octanol–water partition coefficient (Wildman–Crippen LogP) is 3.67. The Hall–Kier alpha value is -1.04. The zero-order valence-corrected chi connectivity index (χ0v) is 7.66. The minimum Gasteiger partial charge on any atom is -0.424 e. The summed E-state index contributed by atoms with van der Waals surface area (Å²) in [6.07, 6.45) is -11.0. The molecule has 0 aliphatic heterocycles. The highest BCUT2D eigenvalue weighted by Crippen LogP contribution is 2.38. The Balaban J connectivity index is 2.92. The maximum absolute atomic E-state index is 12.4. The van der Waals surface area contributed by atoms with Crippen molar-refractivity contribution in [2.75, 3.05) is 0 Å². The van der Waals surface area contributed by atoms with E-state index >= 15 is 0 Å². The molecule has 0 unspecified atom stereocenters. The Morgan fingerprint density at radius 1 is 1.20 bits per heavy atom. The average molecular weight is 246 g/mol. The van der Waals surface area contributed by atoms with Gasteiger partial charge in [-0.15, -0.1) is 0 Å². The lowest BCUT2D eigenvalue weighted by Crippen LogP contribution is -2.41. The maximum Gasteiger partial charge on any atom is 0.499 e. The van der Waals surface area contributed by atoms with Crippen molar-refractivity contribution in [3.63, 3.8) is 0 Å². The minimum atomic E-state index is -5.78. The molecule has 1 aromatic rings. The quantitative estimate of drug-likeness (QED) is 0.723. The van der Waals surface area contributed by atoms with Gasteiger partial charge in [0, 0.05) is 0 Å². The molecule has 0 saturated carbocycles. The van der Waals surface area contributed by atoms with Crippen LogP contribution in [-0.4, -0.2) is 12.3 Å². The summed E-state index contributed by atoms with van der Waals surface area (Å²) in [6.45, 7) is 0. The number of hydrogen-bond acceptors (Lipinski definition) is 1. The summed E-state index contributed by atoms with van der Waals surface area (Å²) in [5.41, 5.74) is 0. The lowest BCUT2D eigenvalue weighted by Gasteiger charge is -2.20. The molecule has 0 amide bonds. The van der Waals surface area contributed by atoms with Crippen LogP contribution in [0.3, 0.4) is 0 Å². The summed E-state index contributed by atoms with van der Waals surface area (Å²) in [7, 11) is 0. The molecule has 0 aromatic heterocycles. The van der Waals surface area contributed by atoms with Gasteiger partial charge >= 0.3 is 12.3 Å². The van der Waals surface area contributed by atoms with Crippen molar-refractivity contribution in [3.05, 3.63) is 29.3 Å². The van der Waals surface area contributed by atoms with Crippen LogP contribution in [0, 0.1) is 6.07 Å². The van der Waals surface area contributed by atoms with E-state index in [1.807, 2.05) is 0 Å². The summed E-state index contributed by atoms with van der Waals surface area (Å²) in [5.74, 6) is -0.752. The molecule has 0 atom stereocenters. The first-order chi connectivity index (χ1) is 6.74. The molecule has 0 spiro atoms. The molecular weight excluding hydrogens is 243 g/mol. The predicted molar refractivity (Wildman–Crippen MR) is 41.9 cm³/mol. The van der Waals surface area contributed by atoms with E-state index in [-0.39, 0.29) is 5.02 Å². The number of rotatable bonds is 2. The van der Waals surface area contributed by atoms with Crippen molar-refractivity contribution < 1.29 is 26.7 Å². The van der Waals surface area contributed by atoms with Crippen molar-refractivity contribution in [3.8, 4) is 5.75 Å². The second-order valence-corrected chi connectivity index (χ2v) is 2.88. The summed E-state index contributed by atoms with van der Waals surface area (Å²) >= 11 is 5.32. The number of halogens is 6. The van der Waals surface area contributed by atoms with Gasteiger partial charge in [0.25, 0.3) is 0 Å². The van der Waals surface area contributed by atoms with Gasteiger partial charge in [0.05, 0.1) is 5.02 Å². The number of alkyl halides is 5. The third-order valence-corrected chi connectivity index (χ3v) is 1.64. The van der Waals surface area contributed by atoms with Crippen LogP contribution < -0.4 is 4.74 Å². The van der Waals surface area contributed by atoms with Gasteiger partial charge in [0.15, 0.2) is 0 Å². The zero-order chi connectivity index (χ0) is 11.7. The first-order valence-electron chi connectivity index (χ1n) is 3.53. The fourth-order valence-electron chi connectivity index (χ4n) is 0.675. The Kier molecular flexibility index (Phi) is 3.08. The standard InChI is InChI=1S/C8H3ClF5O/c9-5-3-1-2-4-6(5)15-8(13,14)7(10,11)12/h2-4H. The van der Waals surface area contributed by atoms with E-state index < -0.39 is 18.0 Å². The van der Waals surface area contributed by atoms with Crippen LogP contribution in [0.4, 0.5) is 22.0 Å². The van der Waals surface area contributed by atoms with E-state index in [1.54, 1.807) is 0 Å². The van der Waals surface area contributed by atoms with Crippen LogP contribution in [0.1, 0.15) is 0 Å². The molecule has 1 nitrogen and oxygen atoms in total. The first-order valence-corrected chi connectivity index (χ1v) is 3.91. The van der Waals surface area contributed by atoms with Crippen LogP contribution in [0.15, 0.2) is 18.2 Å². The lowest BCUT2D eigenvalue weighted by atomic mass is 10.3. The van der Waals surface area contributed by atoms with Gasteiger partial charge in [0.1, 0.15) is 5.75 Å². The highest BCUT2D eigenvalue weighted by molar-refractivity contribution is 6.32. The second-order valence-electron chi connectivity index (χ2n) is 2.47. The maximum atomic E-state index is 12.4. The molecule has 0 aliphatic rings. The van der Waals surface area contributed by atoms with E-state index in [0.29, 0.717) is 0 Å². The number of hydrogen-bond donors (Lipinski definition) is 0. The lowest BCUT2D eigenvalue weighted by molar-refractivity contribution is -0.360. The molecule has 83 valence electrons. The van der Waals surface area contributed by atoms with Gasteiger partial charge in [-0.2, -0.15) is 22.0 Å². The highest BCUT2D eigenvalue weighted by atomic mass is 35.5. The summed E-state index contributed by atoms with van der Waals surface area (Å²) in [4.78, 5) is 0. The van der Waals surface area contributed by atoms with Crippen molar-refractivity contribution >= 4 is 11.6 Å². The molecular formula is C8H3ClF5O. The molecule has 1 rings (SSSR count). The fourth-order valence-corrected chi connectivity index (χ4v) is 0.839. The van der Waals surface area contributed by atoms with Gasteiger partial charge in [-0.1, -0.05) is 17.7 Å². The summed E-state index contributed by atoms with van der Waals surface area (Å²) < 4.78 is 63.4. The third kappa shape index (κ3) is 2.71. The molecule has 0 fully saturated rings. The highest BCUT2D eigenvalue weighted by Gasteiger charge is 2.61. The third-order valence-electron chi connectivity index (χ3n) is 1.34. The summed E-state index contributed by atoms with van der Waals surface area (Å²) in [5, 5.41) is -0.374. The topological polar surface area (TPSA) is 9.23 Å². The van der Waals surface area contributed by atoms with Crippen LogP contribution in [0.25, 0.3) is 0 Å². The van der Waals surface area contributed by atoms with E-state index in [9.17, 15) is 22.0 Å². The molecule has 0 saturated heterocycles. The van der Waals surface area contributed by atoms with Gasteiger partial charge in [0.2, 0.25) is 0 Å². The van der Waals surface area contributed by atoms with Crippen LogP contribution >= 0.6 is 11.6 Å². The van der Waals surface area contributed by atoms with Gasteiger partial charge in [-0.25, -0.2) is 0 Å². The molecule has 1 radical (unpaired) electrons. The molecule has 15 heavy (non-hydrogen) atoms. The van der Waals surface area contributed by atoms with Crippen molar-refractivity contribution in [1.82, 2.24) is 0 Å². The normalized spacial score (nSPS) is 12.7. The smallest absolute Gasteiger partial charge is 0.424 e. The Bertz CT molecular complexity index is 349. The molecule has 7 heteroatoms. The zero-order valence-electron chi connectivity index (χ0n) is 6.91. The van der Waals surface area contributed by atoms with E-state index in [4.69, 9.17) is 11.6 Å². The van der Waals surface area contributed by atoms with Gasteiger partial charge in [-0.05, 0) is 18.2 Å². The van der Waals surface area contributed by atoms with Crippen molar-refractivity contribution in [2.45, 2.75) is 12.3 Å². The minimum absolute atomic E-state index is 0.374. The molecule has 0 aliphatic carbocycles. The van der Waals surface area contributed by atoms with E-state index in [0.717, 1.165) is 18.2 Å². The van der Waals surface area contributed by atoms with Crippen LogP contribution in [0.2, 0.25) is 5.02 Å². The molecule has 0 N–H and O–H groups in total. The molecule has 1 aromatic carbocycles. The fraction of sp³-hybridized carbons (Fsp3) is 0.250. The van der Waals surface area contributed by atoms with Gasteiger partial charge < -0.3 is 4.74 Å². The van der Waals surface area contributed by atoms with Crippen LogP contribution in [-0.2, 0) is 0 Å². The van der Waals surface area contributed by atoms with Crippen molar-refractivity contribution in [1.29, 1.82) is 0 Å². The second kappa shape index (κ2) is 3.84. The van der Waals surface area contributed by atoms with E-state index in [2.05, 4.69) is 10.8 Å². The van der Waals surface area contributed by atoms with Gasteiger partial charge in [-0.3, -0.25) is 0 Å². The van der Waals surface area contributed by atoms with E-state index in [1.165, 1.54) is 0 Å². The number of ether oxygens (including phenoxy) is 1. The average Bonchev–Trinajstić information content (AvgIpc) is 2.06. The Labute approximate surface area is 86.4 Å². The Morgan fingerprint density at radius 3 is 2.27 bits per heavy atom. The monoisotopic (exact) mass is 245 g/mol. The molecule has 0 heterocycles. The van der Waals surface area contributed by atoms with Crippen molar-refractivity contribution in [2.24, 2.45) is 0 Å². The summed E-state index contributed by atoms with van der Waals surface area (Å²) in [6, 6.07) is 5.37. The molecule has 0 bridgehead atoms. The SMILES string of the molecule is FC(F)(F)C(F)(F)Oc1cc[c]cc1Cl. The number of benzene rings is 1.